The molecule has 0 spiro atoms. The van der Waals surface area contributed by atoms with E-state index in [0.717, 1.165) is 0 Å². The van der Waals surface area contributed by atoms with E-state index in [1.54, 1.807) is 6.21 Å². The molecule has 0 fully saturated rings. The fraction of sp³-hybridized carbons (Fsp3) is 0.857. The fourth-order valence-corrected chi connectivity index (χ4v) is 0.766. The molecule has 3 heteroatoms. The highest BCUT2D eigenvalue weighted by atomic mass is 16.7. The van der Waals surface area contributed by atoms with E-state index in [2.05, 4.69) is 5.16 Å². The summed E-state index contributed by atoms with van der Waals surface area (Å²) in [7, 11) is 0. The van der Waals surface area contributed by atoms with Crippen molar-refractivity contribution in [3.63, 3.8) is 0 Å². The first-order valence-corrected chi connectivity index (χ1v) is 3.38. The van der Waals surface area contributed by atoms with Crippen LogP contribution in [-0.4, -0.2) is 17.1 Å². The van der Waals surface area contributed by atoms with Crippen LogP contribution in [0.1, 0.15) is 27.2 Å². The van der Waals surface area contributed by atoms with Crippen molar-refractivity contribution in [2.75, 3.05) is 0 Å². The second-order valence-electron chi connectivity index (χ2n) is 3.62. The van der Waals surface area contributed by atoms with Gasteiger partial charge in [-0.1, -0.05) is 25.9 Å². The lowest BCUT2D eigenvalue weighted by Crippen LogP contribution is -2.42. The van der Waals surface area contributed by atoms with Crippen LogP contribution in [0.3, 0.4) is 0 Å². The maximum absolute atomic E-state index is 9.68. The lowest BCUT2D eigenvalue weighted by atomic mass is 9.84. The first-order valence-electron chi connectivity index (χ1n) is 3.38. The fourth-order valence-electron chi connectivity index (χ4n) is 0.766. The van der Waals surface area contributed by atoms with Crippen molar-refractivity contribution in [3.05, 3.63) is 0 Å². The maximum atomic E-state index is 9.68. The Morgan fingerprint density at radius 2 is 2.20 bits per heavy atom. The molecule has 1 N–H and O–H groups in total. The zero-order valence-electron chi connectivity index (χ0n) is 6.59. The van der Waals surface area contributed by atoms with Gasteiger partial charge in [-0.3, -0.25) is 0 Å². The van der Waals surface area contributed by atoms with E-state index < -0.39 is 5.79 Å². The van der Waals surface area contributed by atoms with Gasteiger partial charge in [0, 0.05) is 5.41 Å². The number of hydrogen-bond donors (Lipinski definition) is 1. The van der Waals surface area contributed by atoms with Gasteiger partial charge >= 0.3 is 0 Å². The van der Waals surface area contributed by atoms with Crippen LogP contribution in [0.4, 0.5) is 0 Å². The van der Waals surface area contributed by atoms with Gasteiger partial charge < -0.3 is 9.94 Å². The van der Waals surface area contributed by atoms with Gasteiger partial charge in [-0.15, -0.1) is 0 Å². The number of hydrogen-bond acceptors (Lipinski definition) is 3. The molecule has 1 atom stereocenters. The van der Waals surface area contributed by atoms with Crippen LogP contribution in [0.5, 0.6) is 0 Å². The summed E-state index contributed by atoms with van der Waals surface area (Å²) in [6.45, 7) is 5.76. The maximum Gasteiger partial charge on any atom is 0.244 e. The molecule has 1 rings (SSSR count). The Kier molecular flexibility index (Phi) is 1.47. The molecule has 0 aromatic rings. The van der Waals surface area contributed by atoms with Crippen LogP contribution >= 0.6 is 0 Å². The van der Waals surface area contributed by atoms with Gasteiger partial charge in [0.15, 0.2) is 0 Å². The van der Waals surface area contributed by atoms with Gasteiger partial charge in [0.25, 0.3) is 0 Å². The minimum absolute atomic E-state index is 0.274. The Morgan fingerprint density at radius 1 is 1.60 bits per heavy atom. The lowest BCUT2D eigenvalue weighted by Gasteiger charge is -2.33. The van der Waals surface area contributed by atoms with Crippen molar-refractivity contribution in [2.24, 2.45) is 10.6 Å². The summed E-state index contributed by atoms with van der Waals surface area (Å²) in [4.78, 5) is 4.83. The zero-order valence-corrected chi connectivity index (χ0v) is 6.59. The highest BCUT2D eigenvalue weighted by Crippen LogP contribution is 2.36. The second-order valence-corrected chi connectivity index (χ2v) is 3.62. The van der Waals surface area contributed by atoms with E-state index in [1.165, 1.54) is 0 Å². The summed E-state index contributed by atoms with van der Waals surface area (Å²) < 4.78 is 0. The van der Waals surface area contributed by atoms with Crippen molar-refractivity contribution >= 4 is 6.21 Å². The number of nitrogens with zero attached hydrogens (tertiary/aromatic N) is 1. The topological polar surface area (TPSA) is 41.8 Å². The predicted octanol–water partition coefficient (Wildman–Crippen LogP) is 1.13. The van der Waals surface area contributed by atoms with E-state index >= 15 is 0 Å². The van der Waals surface area contributed by atoms with E-state index in [4.69, 9.17) is 4.84 Å². The van der Waals surface area contributed by atoms with Crippen LogP contribution in [0.2, 0.25) is 0 Å². The minimum Gasteiger partial charge on any atom is -0.360 e. The summed E-state index contributed by atoms with van der Waals surface area (Å²) in [6, 6.07) is 0. The molecule has 0 aromatic heterocycles. The van der Waals surface area contributed by atoms with Gasteiger partial charge in [-0.2, -0.15) is 0 Å². The first-order chi connectivity index (χ1) is 4.46. The third-order valence-corrected chi connectivity index (χ3v) is 1.82. The van der Waals surface area contributed by atoms with Gasteiger partial charge in [0.2, 0.25) is 5.79 Å². The van der Waals surface area contributed by atoms with Gasteiger partial charge in [-0.25, -0.2) is 0 Å². The molecule has 10 heavy (non-hydrogen) atoms. The predicted molar refractivity (Wildman–Crippen MR) is 38.6 cm³/mol. The molecule has 1 aliphatic rings. The Bertz CT molecular complexity index is 149. The summed E-state index contributed by atoms with van der Waals surface area (Å²) in [5, 5.41) is 13.2. The normalized spacial score (nSPS) is 32.4. The second kappa shape index (κ2) is 1.95. The Labute approximate surface area is 60.7 Å². The molecule has 0 bridgehead atoms. The van der Waals surface area contributed by atoms with Crippen LogP contribution < -0.4 is 0 Å². The highest BCUT2D eigenvalue weighted by molar-refractivity contribution is 5.59. The summed E-state index contributed by atoms with van der Waals surface area (Å²) in [5.74, 6) is -1.09. The van der Waals surface area contributed by atoms with Crippen LogP contribution in [0.25, 0.3) is 0 Å². The average Bonchev–Trinajstić information content (AvgIpc) is 2.13. The van der Waals surface area contributed by atoms with E-state index in [1.807, 2.05) is 20.8 Å². The highest BCUT2D eigenvalue weighted by Gasteiger charge is 2.44. The van der Waals surface area contributed by atoms with Crippen LogP contribution in [0.15, 0.2) is 5.16 Å². The Balaban J connectivity index is 2.71. The molecular weight excluding hydrogens is 130 g/mol. The molecule has 3 nitrogen and oxygen atoms in total. The summed E-state index contributed by atoms with van der Waals surface area (Å²) in [5.41, 5.74) is -0.274. The van der Waals surface area contributed by atoms with Crippen molar-refractivity contribution in [1.29, 1.82) is 0 Å². The molecule has 58 valence electrons. The molecule has 1 heterocycles. The molecule has 1 unspecified atom stereocenters. The minimum atomic E-state index is -1.09. The largest absolute Gasteiger partial charge is 0.360 e. The molecule has 0 saturated heterocycles. The standard InChI is InChI=1S/C7H13NO2/c1-6(2,3)7(9)4-5-8-10-7/h5,9H,4H2,1-3H3. The third kappa shape index (κ3) is 1.01. The Morgan fingerprint density at radius 3 is 2.40 bits per heavy atom. The smallest absolute Gasteiger partial charge is 0.244 e. The quantitative estimate of drug-likeness (QED) is 0.552. The van der Waals surface area contributed by atoms with E-state index in [-0.39, 0.29) is 5.41 Å². The SMILES string of the molecule is CC(C)(C)C1(O)CC=NO1. The van der Waals surface area contributed by atoms with Gasteiger partial charge in [-0.05, 0) is 0 Å². The lowest BCUT2D eigenvalue weighted by molar-refractivity contribution is -0.244. The van der Waals surface area contributed by atoms with Gasteiger partial charge in [0.05, 0.1) is 12.6 Å². The summed E-state index contributed by atoms with van der Waals surface area (Å²) in [6.07, 6.45) is 2.07. The first kappa shape index (κ1) is 7.54. The van der Waals surface area contributed by atoms with Crippen LogP contribution in [0, 0.1) is 5.41 Å². The molecule has 0 radical (unpaired) electrons. The third-order valence-electron chi connectivity index (χ3n) is 1.82. The van der Waals surface area contributed by atoms with Crippen molar-refractivity contribution in [1.82, 2.24) is 0 Å². The Hall–Kier alpha value is -0.570. The monoisotopic (exact) mass is 143 g/mol. The molecular formula is C7H13NO2. The molecule has 1 aliphatic heterocycles. The molecule has 0 saturated carbocycles. The van der Waals surface area contributed by atoms with Crippen molar-refractivity contribution in [3.8, 4) is 0 Å². The average molecular weight is 143 g/mol. The van der Waals surface area contributed by atoms with E-state index in [9.17, 15) is 5.11 Å². The molecule has 0 aliphatic carbocycles. The molecule has 0 amide bonds. The number of oxime groups is 1. The zero-order chi connectivity index (χ0) is 7.83. The van der Waals surface area contributed by atoms with Gasteiger partial charge in [0.1, 0.15) is 0 Å². The van der Waals surface area contributed by atoms with Crippen molar-refractivity contribution in [2.45, 2.75) is 33.0 Å². The summed E-state index contributed by atoms with van der Waals surface area (Å²) >= 11 is 0. The van der Waals surface area contributed by atoms with Crippen molar-refractivity contribution < 1.29 is 9.94 Å². The molecule has 0 aromatic carbocycles. The van der Waals surface area contributed by atoms with Crippen LogP contribution in [-0.2, 0) is 4.84 Å². The van der Waals surface area contributed by atoms with E-state index in [0.29, 0.717) is 6.42 Å². The number of aliphatic hydroxyl groups is 1. The number of rotatable bonds is 0.